The highest BCUT2D eigenvalue weighted by Gasteiger charge is 1.78. The lowest BCUT2D eigenvalue weighted by Crippen LogP contribution is -1.68. The first-order valence-corrected chi connectivity index (χ1v) is 5.39. The molecule has 0 saturated carbocycles. The van der Waals surface area contributed by atoms with Crippen LogP contribution in [-0.4, -0.2) is 0 Å². The van der Waals surface area contributed by atoms with Crippen LogP contribution < -0.4 is 0 Å². The normalized spacial score (nSPS) is 8.33. The van der Waals surface area contributed by atoms with Crippen molar-refractivity contribution < 1.29 is 0 Å². The number of hydrogen-bond acceptors (Lipinski definition) is 0. The van der Waals surface area contributed by atoms with E-state index in [4.69, 9.17) is 0 Å². The topological polar surface area (TPSA) is 0 Å². The van der Waals surface area contributed by atoms with Crippen LogP contribution in [0, 0.1) is 11.8 Å². The summed E-state index contributed by atoms with van der Waals surface area (Å²) in [6.45, 7) is 2.19. The van der Waals surface area contributed by atoms with Crippen LogP contribution in [0.4, 0.5) is 0 Å². The van der Waals surface area contributed by atoms with Crippen LogP contribution in [0.3, 0.4) is 0 Å². The lowest BCUT2D eigenvalue weighted by molar-refractivity contribution is 0.815. The molecule has 0 unspecified atom stereocenters. The van der Waals surface area contributed by atoms with Gasteiger partial charge in [0, 0.05) is 11.6 Å². The summed E-state index contributed by atoms with van der Waals surface area (Å²) in [5.41, 5.74) is 4.11. The van der Waals surface area contributed by atoms with Crippen molar-refractivity contribution in [2.75, 3.05) is 0 Å². The third-order valence-corrected chi connectivity index (χ3v) is 1.97. The summed E-state index contributed by atoms with van der Waals surface area (Å²) >= 11 is 0. The second-order valence-electron chi connectivity index (χ2n) is 3.29. The van der Waals surface area contributed by atoms with Crippen LogP contribution >= 0.6 is 0 Å². The Morgan fingerprint density at radius 1 is 1.20 bits per heavy atom. The maximum absolute atomic E-state index is 3.07. The van der Waals surface area contributed by atoms with Gasteiger partial charge in [-0.15, -0.1) is 5.73 Å². The average Bonchev–Trinajstić information content (AvgIpc) is 2.29. The second-order valence-corrected chi connectivity index (χ2v) is 3.29. The number of hydrogen-bond donors (Lipinski definition) is 0. The van der Waals surface area contributed by atoms with E-state index >= 15 is 0 Å². The average molecular weight is 196 g/mol. The maximum atomic E-state index is 3.07. The van der Waals surface area contributed by atoms with Crippen molar-refractivity contribution in [1.82, 2.24) is 0 Å². The van der Waals surface area contributed by atoms with Gasteiger partial charge in [0.05, 0.1) is 0 Å². The Hall–Kier alpha value is -1.70. The van der Waals surface area contributed by atoms with E-state index in [1.165, 1.54) is 12.8 Å². The smallest absolute Gasteiger partial charge is 0.0302 e. The van der Waals surface area contributed by atoms with E-state index in [0.717, 1.165) is 12.0 Å². The monoisotopic (exact) mass is 196 g/mol. The minimum atomic E-state index is 1.05. The fraction of sp³-hybridized carbons (Fsp3) is 0.267. The molecule has 0 aliphatic carbocycles. The van der Waals surface area contributed by atoms with Gasteiger partial charge in [0.25, 0.3) is 0 Å². The van der Waals surface area contributed by atoms with Crippen molar-refractivity contribution in [3.63, 3.8) is 0 Å². The van der Waals surface area contributed by atoms with Gasteiger partial charge in [0.1, 0.15) is 0 Å². The Balaban J connectivity index is 2.43. The highest BCUT2D eigenvalue weighted by atomic mass is 13.8. The maximum Gasteiger partial charge on any atom is 0.0302 e. The van der Waals surface area contributed by atoms with Crippen LogP contribution in [0.5, 0.6) is 0 Å². The molecule has 1 aromatic carbocycles. The number of benzene rings is 1. The molecule has 1 rings (SSSR count). The zero-order valence-electron chi connectivity index (χ0n) is 9.16. The molecule has 0 spiro atoms. The van der Waals surface area contributed by atoms with Gasteiger partial charge in [-0.05, 0) is 31.1 Å². The Labute approximate surface area is 92.3 Å². The molecule has 0 N–H and O–H groups in total. The van der Waals surface area contributed by atoms with Gasteiger partial charge >= 0.3 is 0 Å². The molecule has 0 fully saturated rings. The first-order valence-electron chi connectivity index (χ1n) is 5.39. The van der Waals surface area contributed by atoms with Crippen molar-refractivity contribution in [2.45, 2.75) is 26.2 Å². The van der Waals surface area contributed by atoms with Crippen LogP contribution in [0.2, 0.25) is 0 Å². The second kappa shape index (κ2) is 7.68. The molecule has 0 heterocycles. The van der Waals surface area contributed by atoms with Gasteiger partial charge in [-0.3, -0.25) is 0 Å². The third kappa shape index (κ3) is 5.57. The molecular weight excluding hydrogens is 180 g/mol. The molecule has 15 heavy (non-hydrogen) atoms. The van der Waals surface area contributed by atoms with Crippen LogP contribution in [-0.2, 0) is 0 Å². The van der Waals surface area contributed by atoms with E-state index < -0.39 is 0 Å². The Morgan fingerprint density at radius 2 is 2.00 bits per heavy atom. The van der Waals surface area contributed by atoms with Crippen LogP contribution in [0.25, 0.3) is 0 Å². The summed E-state index contributed by atoms with van der Waals surface area (Å²) in [5, 5.41) is 0. The minimum Gasteiger partial charge on any atom is -0.116 e. The number of allylic oxidation sites excluding steroid dienone is 1. The fourth-order valence-corrected chi connectivity index (χ4v) is 1.13. The SMILES string of the molecule is CCCCC=C=CC#Cc1ccccc1. The van der Waals surface area contributed by atoms with Gasteiger partial charge in [-0.2, -0.15) is 0 Å². The van der Waals surface area contributed by atoms with Gasteiger partial charge in [-0.25, -0.2) is 0 Å². The molecule has 0 nitrogen and oxygen atoms in total. The fourth-order valence-electron chi connectivity index (χ4n) is 1.13. The van der Waals surface area contributed by atoms with Gasteiger partial charge in [0.15, 0.2) is 0 Å². The molecule has 0 heteroatoms. The van der Waals surface area contributed by atoms with E-state index in [-0.39, 0.29) is 0 Å². The lowest BCUT2D eigenvalue weighted by Gasteiger charge is -1.84. The highest BCUT2D eigenvalue weighted by Crippen LogP contribution is 1.95. The summed E-state index contributed by atoms with van der Waals surface area (Å²) in [7, 11) is 0. The standard InChI is InChI=1S/C15H16/c1-2-3-4-5-6-7-9-12-15-13-10-8-11-14-15/h5,7-8,10-11,13-14H,2-4H2,1H3. The molecule has 76 valence electrons. The van der Waals surface area contributed by atoms with Crippen molar-refractivity contribution in [3.8, 4) is 11.8 Å². The summed E-state index contributed by atoms with van der Waals surface area (Å²) < 4.78 is 0. The summed E-state index contributed by atoms with van der Waals surface area (Å²) in [6, 6.07) is 9.98. The van der Waals surface area contributed by atoms with E-state index in [1.54, 1.807) is 6.08 Å². The Morgan fingerprint density at radius 3 is 2.73 bits per heavy atom. The Bertz CT molecular complexity index is 381. The molecule has 0 atom stereocenters. The van der Waals surface area contributed by atoms with Gasteiger partial charge in [0.2, 0.25) is 0 Å². The van der Waals surface area contributed by atoms with E-state index in [1.807, 2.05) is 36.4 Å². The highest BCUT2D eigenvalue weighted by molar-refractivity contribution is 5.36. The van der Waals surface area contributed by atoms with E-state index in [0.29, 0.717) is 0 Å². The Kier molecular flexibility index (Phi) is 5.82. The predicted octanol–water partition coefficient (Wildman–Crippen LogP) is 3.94. The predicted molar refractivity (Wildman–Crippen MR) is 65.5 cm³/mol. The molecular formula is C15H16. The van der Waals surface area contributed by atoms with E-state index in [9.17, 15) is 0 Å². The molecule has 0 saturated heterocycles. The zero-order valence-corrected chi connectivity index (χ0v) is 9.16. The molecule has 0 bridgehead atoms. The lowest BCUT2D eigenvalue weighted by atomic mass is 10.2. The van der Waals surface area contributed by atoms with Crippen molar-refractivity contribution in [1.29, 1.82) is 0 Å². The third-order valence-electron chi connectivity index (χ3n) is 1.97. The van der Waals surface area contributed by atoms with Gasteiger partial charge < -0.3 is 0 Å². The minimum absolute atomic E-state index is 1.05. The van der Waals surface area contributed by atoms with Crippen molar-refractivity contribution >= 4 is 0 Å². The van der Waals surface area contributed by atoms with Crippen LogP contribution in [0.1, 0.15) is 31.7 Å². The molecule has 1 aromatic rings. The first kappa shape index (κ1) is 11.4. The van der Waals surface area contributed by atoms with E-state index in [2.05, 4.69) is 24.5 Å². The molecule has 0 aliphatic heterocycles. The number of unbranched alkanes of at least 4 members (excludes halogenated alkanes) is 2. The van der Waals surface area contributed by atoms with Crippen molar-refractivity contribution in [3.05, 3.63) is 53.8 Å². The largest absolute Gasteiger partial charge is 0.116 e. The molecule has 0 aliphatic rings. The first-order chi connectivity index (χ1) is 7.43. The van der Waals surface area contributed by atoms with Gasteiger partial charge in [-0.1, -0.05) is 43.4 Å². The molecule has 0 amide bonds. The summed E-state index contributed by atoms with van der Waals surface area (Å²) in [4.78, 5) is 0. The summed E-state index contributed by atoms with van der Waals surface area (Å²) in [5.74, 6) is 6.01. The quantitative estimate of drug-likeness (QED) is 0.390. The molecule has 0 aromatic heterocycles. The summed E-state index contributed by atoms with van der Waals surface area (Å²) in [6.07, 6.45) is 7.38. The van der Waals surface area contributed by atoms with Crippen molar-refractivity contribution in [2.24, 2.45) is 0 Å². The van der Waals surface area contributed by atoms with Crippen LogP contribution in [0.15, 0.2) is 48.2 Å². The number of rotatable bonds is 3. The molecule has 0 radical (unpaired) electrons. The zero-order chi connectivity index (χ0) is 10.8.